The van der Waals surface area contributed by atoms with Gasteiger partial charge in [-0.05, 0) is 74.3 Å². The van der Waals surface area contributed by atoms with Gasteiger partial charge in [-0.1, -0.05) is 36.4 Å². The van der Waals surface area contributed by atoms with Crippen molar-refractivity contribution in [1.82, 2.24) is 10.2 Å². The van der Waals surface area contributed by atoms with E-state index in [1.165, 1.54) is 5.57 Å². The molecule has 0 bridgehead atoms. The molecule has 1 amide bonds. The first-order valence-corrected chi connectivity index (χ1v) is 11.0. The second-order valence-electron chi connectivity index (χ2n) is 7.75. The molecule has 0 fully saturated rings. The van der Waals surface area contributed by atoms with Gasteiger partial charge in [0.25, 0.3) is 5.91 Å². The standard InChI is InChI=1S/C26H30N2O2/c1-3-28(4-2)26(29)20-13-11-19(12-14-20)23-18-21-8-7-16-27-17-15-24(21)30-25-10-6-5-9-22(23)25/h5-6,8-14,18,24,27H,3-4,7,15-17H2,1-2H3/b21-8-/t24-/m0/s1. The lowest BCUT2D eigenvalue weighted by Crippen LogP contribution is -2.30. The Labute approximate surface area is 179 Å². The normalized spacial score (nSPS) is 20.1. The summed E-state index contributed by atoms with van der Waals surface area (Å²) >= 11 is 0. The number of ether oxygens (including phenoxy) is 1. The smallest absolute Gasteiger partial charge is 0.253 e. The van der Waals surface area contributed by atoms with Crippen molar-refractivity contribution < 1.29 is 9.53 Å². The molecule has 2 heterocycles. The van der Waals surface area contributed by atoms with Crippen LogP contribution in [0.3, 0.4) is 0 Å². The van der Waals surface area contributed by atoms with Crippen LogP contribution < -0.4 is 10.1 Å². The highest BCUT2D eigenvalue weighted by Crippen LogP contribution is 2.37. The molecule has 4 nitrogen and oxygen atoms in total. The Bertz CT molecular complexity index is 955. The first-order valence-electron chi connectivity index (χ1n) is 11.0. The molecule has 0 saturated heterocycles. The fourth-order valence-corrected chi connectivity index (χ4v) is 4.19. The van der Waals surface area contributed by atoms with E-state index in [4.69, 9.17) is 4.74 Å². The fourth-order valence-electron chi connectivity index (χ4n) is 4.19. The molecule has 0 unspecified atom stereocenters. The van der Waals surface area contributed by atoms with Crippen molar-refractivity contribution in [2.24, 2.45) is 0 Å². The molecule has 0 radical (unpaired) electrons. The number of rotatable bonds is 4. The van der Waals surface area contributed by atoms with E-state index in [0.717, 1.165) is 67.0 Å². The van der Waals surface area contributed by atoms with Gasteiger partial charge in [-0.3, -0.25) is 4.79 Å². The number of carbonyl (C=O) groups excluding carboxylic acids is 1. The first-order chi connectivity index (χ1) is 14.7. The van der Waals surface area contributed by atoms with Gasteiger partial charge in [-0.15, -0.1) is 0 Å². The van der Waals surface area contributed by atoms with E-state index in [1.807, 2.05) is 36.9 Å². The summed E-state index contributed by atoms with van der Waals surface area (Å²) in [6, 6.07) is 16.3. The molecule has 1 atom stereocenters. The van der Waals surface area contributed by atoms with Crippen LogP contribution in [-0.2, 0) is 0 Å². The third kappa shape index (κ3) is 4.19. The number of amides is 1. The highest BCUT2D eigenvalue weighted by molar-refractivity contribution is 5.95. The van der Waals surface area contributed by atoms with Crippen molar-refractivity contribution in [3.63, 3.8) is 0 Å². The van der Waals surface area contributed by atoms with E-state index in [0.29, 0.717) is 0 Å². The van der Waals surface area contributed by atoms with E-state index in [-0.39, 0.29) is 12.0 Å². The molecule has 0 spiro atoms. The number of fused-ring (bicyclic) bond motifs is 2. The van der Waals surface area contributed by atoms with Crippen LogP contribution in [0.1, 0.15) is 48.2 Å². The van der Waals surface area contributed by atoms with E-state index in [9.17, 15) is 4.79 Å². The van der Waals surface area contributed by atoms with Crippen LogP contribution in [0.4, 0.5) is 0 Å². The van der Waals surface area contributed by atoms with Gasteiger partial charge in [0.15, 0.2) is 0 Å². The Kier molecular flexibility index (Phi) is 6.34. The molecule has 2 aliphatic rings. The minimum atomic E-state index is 0.0555. The number of hydrogen-bond donors (Lipinski definition) is 1. The van der Waals surface area contributed by atoms with Crippen molar-refractivity contribution in [2.75, 3.05) is 26.2 Å². The lowest BCUT2D eigenvalue weighted by molar-refractivity contribution is 0.0773. The van der Waals surface area contributed by atoms with Gasteiger partial charge in [-0.2, -0.15) is 0 Å². The highest BCUT2D eigenvalue weighted by atomic mass is 16.5. The van der Waals surface area contributed by atoms with Crippen LogP contribution >= 0.6 is 0 Å². The van der Waals surface area contributed by atoms with Crippen molar-refractivity contribution >= 4 is 11.5 Å². The molecule has 2 aromatic rings. The molecule has 2 aliphatic heterocycles. The van der Waals surface area contributed by atoms with Crippen molar-refractivity contribution in [1.29, 1.82) is 0 Å². The number of hydrogen-bond acceptors (Lipinski definition) is 3. The fraction of sp³-hybridized carbons (Fsp3) is 0.346. The largest absolute Gasteiger partial charge is 0.485 e. The predicted octanol–water partition coefficient (Wildman–Crippen LogP) is 4.67. The Hall–Kier alpha value is -2.85. The van der Waals surface area contributed by atoms with Crippen LogP contribution in [-0.4, -0.2) is 43.1 Å². The summed E-state index contributed by atoms with van der Waals surface area (Å²) in [5.74, 6) is 1.00. The summed E-state index contributed by atoms with van der Waals surface area (Å²) in [5.41, 5.74) is 5.32. The maximum absolute atomic E-state index is 12.7. The van der Waals surface area contributed by atoms with E-state index < -0.39 is 0 Å². The maximum Gasteiger partial charge on any atom is 0.253 e. The molecule has 0 saturated carbocycles. The lowest BCUT2D eigenvalue weighted by Gasteiger charge is -2.21. The molecule has 4 rings (SSSR count). The number of nitrogens with zero attached hydrogens (tertiary/aromatic N) is 1. The summed E-state index contributed by atoms with van der Waals surface area (Å²) in [6.07, 6.45) is 6.57. The van der Waals surface area contributed by atoms with Gasteiger partial charge in [-0.25, -0.2) is 0 Å². The Balaban J connectivity index is 1.74. The average Bonchev–Trinajstić information content (AvgIpc) is 2.91. The van der Waals surface area contributed by atoms with E-state index in [2.05, 4.69) is 47.8 Å². The molecule has 0 aliphatic carbocycles. The minimum absolute atomic E-state index is 0.0555. The Morgan fingerprint density at radius 1 is 1.07 bits per heavy atom. The van der Waals surface area contributed by atoms with Crippen molar-refractivity contribution in [3.8, 4) is 5.75 Å². The maximum atomic E-state index is 12.7. The van der Waals surface area contributed by atoms with E-state index >= 15 is 0 Å². The zero-order valence-corrected chi connectivity index (χ0v) is 17.9. The molecular formula is C26H30N2O2. The molecule has 1 N–H and O–H groups in total. The van der Waals surface area contributed by atoms with Crippen LogP contribution in [0.5, 0.6) is 5.75 Å². The third-order valence-corrected chi connectivity index (χ3v) is 5.91. The summed E-state index contributed by atoms with van der Waals surface area (Å²) < 4.78 is 6.45. The van der Waals surface area contributed by atoms with Crippen molar-refractivity contribution in [3.05, 3.63) is 82.9 Å². The zero-order valence-electron chi connectivity index (χ0n) is 17.9. The SMILES string of the molecule is CCN(CC)C(=O)c1ccc(C2=C/C3=C/CCNCC[C@@H]3Oc3ccccc32)cc1. The van der Waals surface area contributed by atoms with Gasteiger partial charge in [0.2, 0.25) is 0 Å². The van der Waals surface area contributed by atoms with Crippen LogP contribution in [0.15, 0.2) is 66.3 Å². The monoisotopic (exact) mass is 402 g/mol. The van der Waals surface area contributed by atoms with Crippen molar-refractivity contribution in [2.45, 2.75) is 32.8 Å². The van der Waals surface area contributed by atoms with Crippen LogP contribution in [0.2, 0.25) is 0 Å². The lowest BCUT2D eigenvalue weighted by atomic mass is 9.93. The second-order valence-corrected chi connectivity index (χ2v) is 7.75. The number of carbonyl (C=O) groups is 1. The summed E-state index contributed by atoms with van der Waals surface area (Å²) in [5, 5.41) is 3.46. The molecule has 0 aromatic heterocycles. The minimum Gasteiger partial charge on any atom is -0.485 e. The zero-order chi connectivity index (χ0) is 20.9. The van der Waals surface area contributed by atoms with Gasteiger partial charge in [0.05, 0.1) is 0 Å². The van der Waals surface area contributed by atoms with E-state index in [1.54, 1.807) is 0 Å². The predicted molar refractivity (Wildman–Crippen MR) is 122 cm³/mol. The Morgan fingerprint density at radius 2 is 1.83 bits per heavy atom. The quantitative estimate of drug-likeness (QED) is 0.808. The first kappa shape index (κ1) is 20.4. The number of benzene rings is 2. The van der Waals surface area contributed by atoms with Gasteiger partial charge in [0, 0.05) is 30.6 Å². The van der Waals surface area contributed by atoms with Gasteiger partial charge >= 0.3 is 0 Å². The second kappa shape index (κ2) is 9.31. The Morgan fingerprint density at radius 3 is 2.60 bits per heavy atom. The molecule has 4 heteroatoms. The molecule has 2 aromatic carbocycles. The molecular weight excluding hydrogens is 372 g/mol. The number of para-hydroxylation sites is 1. The molecule has 156 valence electrons. The van der Waals surface area contributed by atoms with Gasteiger partial charge < -0.3 is 15.0 Å². The van der Waals surface area contributed by atoms with Crippen LogP contribution in [0.25, 0.3) is 5.57 Å². The van der Waals surface area contributed by atoms with Crippen LogP contribution in [0, 0.1) is 0 Å². The van der Waals surface area contributed by atoms with Gasteiger partial charge in [0.1, 0.15) is 11.9 Å². The highest BCUT2D eigenvalue weighted by Gasteiger charge is 2.24. The molecule has 30 heavy (non-hydrogen) atoms. The summed E-state index contributed by atoms with van der Waals surface area (Å²) in [6.45, 7) is 7.41. The summed E-state index contributed by atoms with van der Waals surface area (Å²) in [4.78, 5) is 14.5. The number of nitrogens with one attached hydrogen (secondary N) is 1. The average molecular weight is 403 g/mol. The topological polar surface area (TPSA) is 41.6 Å². The third-order valence-electron chi connectivity index (χ3n) is 5.91. The summed E-state index contributed by atoms with van der Waals surface area (Å²) in [7, 11) is 0.